The van der Waals surface area contributed by atoms with E-state index in [1.165, 1.54) is 9.88 Å². The number of hydrogen-bond acceptors (Lipinski definition) is 4. The monoisotopic (exact) mass is 474 g/mol. The highest BCUT2D eigenvalue weighted by molar-refractivity contribution is 14.0. The summed E-state index contributed by atoms with van der Waals surface area (Å²) < 4.78 is 5.73. The van der Waals surface area contributed by atoms with Crippen LogP contribution in [0, 0.1) is 0 Å². The second-order valence-corrected chi connectivity index (χ2v) is 6.58. The van der Waals surface area contributed by atoms with Crippen molar-refractivity contribution in [1.29, 1.82) is 0 Å². The van der Waals surface area contributed by atoms with Crippen LogP contribution in [0.3, 0.4) is 0 Å². The standard InChI is InChI=1S/C18H26N4OS.HI/c1-4-16-14-21-17(24-16)10-11-20-18(19-2)22(3)12-13-23-15-8-6-5-7-9-15;/h5-9,14H,4,10-13H2,1-3H3,(H,19,20);1H. The summed E-state index contributed by atoms with van der Waals surface area (Å²) in [5, 5.41) is 4.55. The number of nitrogens with one attached hydrogen (secondary N) is 1. The molecule has 0 radical (unpaired) electrons. The number of hydrogen-bond donors (Lipinski definition) is 1. The molecule has 1 N–H and O–H groups in total. The average Bonchev–Trinajstić information content (AvgIpc) is 3.07. The summed E-state index contributed by atoms with van der Waals surface area (Å²) in [6.45, 7) is 4.37. The number of likely N-dealkylation sites (N-methyl/N-ethyl adjacent to an activating group) is 1. The molecule has 2 aromatic rings. The molecular weight excluding hydrogens is 447 g/mol. The van der Waals surface area contributed by atoms with Gasteiger partial charge < -0.3 is 15.0 Å². The summed E-state index contributed by atoms with van der Waals surface area (Å²) in [4.78, 5) is 12.2. The lowest BCUT2D eigenvalue weighted by atomic mass is 10.3. The minimum Gasteiger partial charge on any atom is -0.492 e. The summed E-state index contributed by atoms with van der Waals surface area (Å²) in [6, 6.07) is 9.86. The van der Waals surface area contributed by atoms with Crippen LogP contribution in [0.25, 0.3) is 0 Å². The molecule has 1 aromatic carbocycles. The highest BCUT2D eigenvalue weighted by atomic mass is 127. The van der Waals surface area contributed by atoms with Crippen molar-refractivity contribution in [3.63, 3.8) is 0 Å². The third-order valence-electron chi connectivity index (χ3n) is 3.58. The molecule has 0 aliphatic rings. The number of benzene rings is 1. The van der Waals surface area contributed by atoms with Gasteiger partial charge in [-0.3, -0.25) is 4.99 Å². The van der Waals surface area contributed by atoms with Gasteiger partial charge in [-0.1, -0.05) is 25.1 Å². The Bertz CT molecular complexity index is 633. The van der Waals surface area contributed by atoms with E-state index in [-0.39, 0.29) is 24.0 Å². The van der Waals surface area contributed by atoms with Crippen LogP contribution >= 0.6 is 35.3 Å². The largest absolute Gasteiger partial charge is 0.492 e. The Kier molecular flexibility index (Phi) is 10.5. The maximum absolute atomic E-state index is 5.73. The molecule has 25 heavy (non-hydrogen) atoms. The van der Waals surface area contributed by atoms with Gasteiger partial charge >= 0.3 is 0 Å². The number of aryl methyl sites for hydroxylation is 1. The average molecular weight is 474 g/mol. The van der Waals surface area contributed by atoms with Crippen molar-refractivity contribution in [2.75, 3.05) is 33.8 Å². The van der Waals surface area contributed by atoms with Gasteiger partial charge in [0.2, 0.25) is 0 Å². The van der Waals surface area contributed by atoms with E-state index in [1.54, 1.807) is 18.4 Å². The van der Waals surface area contributed by atoms with Crippen LogP contribution < -0.4 is 10.1 Å². The molecule has 0 bridgehead atoms. The molecule has 0 aliphatic heterocycles. The first-order valence-corrected chi connectivity index (χ1v) is 9.07. The normalized spacial score (nSPS) is 10.9. The Morgan fingerprint density at radius 2 is 2.08 bits per heavy atom. The number of thiazole rings is 1. The lowest BCUT2D eigenvalue weighted by molar-refractivity contribution is 0.281. The predicted molar refractivity (Wildman–Crippen MR) is 117 cm³/mol. The van der Waals surface area contributed by atoms with Gasteiger partial charge in [-0.15, -0.1) is 35.3 Å². The number of aromatic nitrogens is 1. The number of ether oxygens (including phenoxy) is 1. The van der Waals surface area contributed by atoms with Crippen molar-refractivity contribution in [3.8, 4) is 5.75 Å². The molecule has 0 fully saturated rings. The van der Waals surface area contributed by atoms with Gasteiger partial charge in [-0.25, -0.2) is 4.98 Å². The lowest BCUT2D eigenvalue weighted by Crippen LogP contribution is -2.41. The number of rotatable bonds is 8. The maximum Gasteiger partial charge on any atom is 0.193 e. The van der Waals surface area contributed by atoms with Crippen molar-refractivity contribution >= 4 is 41.3 Å². The number of aliphatic imine (C=N–C) groups is 1. The van der Waals surface area contributed by atoms with Crippen LogP contribution in [-0.4, -0.2) is 49.6 Å². The van der Waals surface area contributed by atoms with E-state index in [4.69, 9.17) is 4.74 Å². The van der Waals surface area contributed by atoms with Crippen molar-refractivity contribution < 1.29 is 4.74 Å². The third kappa shape index (κ3) is 7.60. The Labute approximate surface area is 171 Å². The van der Waals surface area contributed by atoms with E-state index >= 15 is 0 Å². The van der Waals surface area contributed by atoms with Crippen LogP contribution in [0.1, 0.15) is 16.8 Å². The van der Waals surface area contributed by atoms with Gasteiger partial charge in [0.1, 0.15) is 12.4 Å². The van der Waals surface area contributed by atoms with Crippen LogP contribution in [-0.2, 0) is 12.8 Å². The van der Waals surface area contributed by atoms with Crippen molar-refractivity contribution in [3.05, 3.63) is 46.4 Å². The maximum atomic E-state index is 5.73. The molecule has 7 heteroatoms. The zero-order chi connectivity index (χ0) is 17.2. The minimum atomic E-state index is 0. The summed E-state index contributed by atoms with van der Waals surface area (Å²) in [6.07, 6.45) is 3.94. The first-order valence-electron chi connectivity index (χ1n) is 8.26. The lowest BCUT2D eigenvalue weighted by Gasteiger charge is -2.22. The van der Waals surface area contributed by atoms with Crippen molar-refractivity contribution in [1.82, 2.24) is 15.2 Å². The smallest absolute Gasteiger partial charge is 0.193 e. The van der Waals surface area contributed by atoms with Crippen LogP contribution in [0.5, 0.6) is 5.75 Å². The molecule has 0 saturated heterocycles. The molecule has 138 valence electrons. The van der Waals surface area contributed by atoms with E-state index in [0.29, 0.717) is 6.61 Å². The summed E-state index contributed by atoms with van der Waals surface area (Å²) >= 11 is 1.79. The second-order valence-electron chi connectivity index (χ2n) is 5.38. The van der Waals surface area contributed by atoms with Gasteiger partial charge in [0.25, 0.3) is 0 Å². The Morgan fingerprint density at radius 1 is 1.32 bits per heavy atom. The van der Waals surface area contributed by atoms with Gasteiger partial charge in [0, 0.05) is 38.1 Å². The fourth-order valence-corrected chi connectivity index (χ4v) is 3.08. The Balaban J connectivity index is 0.00000312. The van der Waals surface area contributed by atoms with Crippen molar-refractivity contribution in [2.24, 2.45) is 4.99 Å². The van der Waals surface area contributed by atoms with Gasteiger partial charge in [-0.05, 0) is 18.6 Å². The molecule has 1 aromatic heterocycles. The molecule has 0 unspecified atom stereocenters. The summed E-state index contributed by atoms with van der Waals surface area (Å²) in [5.74, 6) is 1.77. The molecule has 0 atom stereocenters. The molecule has 0 spiro atoms. The molecular formula is C18H27IN4OS. The zero-order valence-corrected chi connectivity index (χ0v) is 18.2. The topological polar surface area (TPSA) is 49.8 Å². The van der Waals surface area contributed by atoms with Gasteiger partial charge in [0.05, 0.1) is 11.6 Å². The molecule has 5 nitrogen and oxygen atoms in total. The zero-order valence-electron chi connectivity index (χ0n) is 15.1. The number of halogens is 1. The summed E-state index contributed by atoms with van der Waals surface area (Å²) in [7, 11) is 3.82. The SMILES string of the molecule is CCc1cnc(CCNC(=NC)N(C)CCOc2ccccc2)s1.I. The van der Waals surface area contributed by atoms with Gasteiger partial charge in [0.15, 0.2) is 5.96 Å². The van der Waals surface area contributed by atoms with Gasteiger partial charge in [-0.2, -0.15) is 0 Å². The Morgan fingerprint density at radius 3 is 2.72 bits per heavy atom. The quantitative estimate of drug-likeness (QED) is 0.362. The fraction of sp³-hybridized carbons (Fsp3) is 0.444. The third-order valence-corrected chi connectivity index (χ3v) is 4.79. The highest BCUT2D eigenvalue weighted by Crippen LogP contribution is 2.13. The Hall–Kier alpha value is -1.35. The van der Waals surface area contributed by atoms with E-state index in [2.05, 4.69) is 27.1 Å². The number of para-hydroxylation sites is 1. The first kappa shape index (κ1) is 21.7. The molecule has 2 rings (SSSR count). The van der Waals surface area contributed by atoms with Crippen LogP contribution in [0.15, 0.2) is 41.5 Å². The van der Waals surface area contributed by atoms with Crippen LogP contribution in [0.4, 0.5) is 0 Å². The second kappa shape index (κ2) is 12.1. The molecule has 0 aliphatic carbocycles. The number of nitrogens with zero attached hydrogens (tertiary/aromatic N) is 3. The first-order chi connectivity index (χ1) is 11.7. The van der Waals surface area contributed by atoms with E-state index in [9.17, 15) is 0 Å². The molecule has 0 saturated carbocycles. The van der Waals surface area contributed by atoms with E-state index in [0.717, 1.165) is 37.6 Å². The van der Waals surface area contributed by atoms with E-state index < -0.39 is 0 Å². The minimum absolute atomic E-state index is 0. The predicted octanol–water partition coefficient (Wildman–Crippen LogP) is 3.45. The highest BCUT2D eigenvalue weighted by Gasteiger charge is 2.06. The number of guanidine groups is 1. The molecule has 1 heterocycles. The van der Waals surface area contributed by atoms with Crippen LogP contribution in [0.2, 0.25) is 0 Å². The summed E-state index contributed by atoms with van der Waals surface area (Å²) in [5.41, 5.74) is 0. The van der Waals surface area contributed by atoms with E-state index in [1.807, 2.05) is 43.6 Å². The fourth-order valence-electron chi connectivity index (χ4n) is 2.22. The van der Waals surface area contributed by atoms with Crippen molar-refractivity contribution in [2.45, 2.75) is 19.8 Å². The molecule has 0 amide bonds.